The SMILES string of the molecule is COc1cccc(C2=NN(C(=O)CN3CCN(Cc4ccccc4)CC3)[C@@H](c3ccccc3C)C2)c1. The van der Waals surface area contributed by atoms with Crippen LogP contribution in [0.4, 0.5) is 0 Å². The standard InChI is InChI=1S/C30H34N4O2/c1-23-9-6-7-14-27(23)29-20-28(25-12-8-13-26(19-25)36-2)31-34(29)30(35)22-33-17-15-32(16-18-33)21-24-10-4-3-5-11-24/h3-14,19,29H,15-18,20-22H2,1-2H3/t29-/m1/s1. The second-order valence-corrected chi connectivity index (χ2v) is 9.63. The largest absolute Gasteiger partial charge is 0.497 e. The third-order valence-corrected chi connectivity index (χ3v) is 7.19. The van der Waals surface area contributed by atoms with Gasteiger partial charge in [-0.15, -0.1) is 0 Å². The number of amides is 1. The molecule has 2 heterocycles. The molecular formula is C30H34N4O2. The Kier molecular flexibility index (Phi) is 7.44. The fourth-order valence-corrected chi connectivity index (χ4v) is 5.13. The van der Waals surface area contributed by atoms with E-state index in [0.717, 1.165) is 55.3 Å². The Bertz CT molecular complexity index is 1220. The Balaban J connectivity index is 1.29. The third kappa shape index (κ3) is 5.50. The van der Waals surface area contributed by atoms with Gasteiger partial charge in [0.15, 0.2) is 0 Å². The number of hydrazone groups is 1. The van der Waals surface area contributed by atoms with Gasteiger partial charge in [0.1, 0.15) is 5.75 Å². The van der Waals surface area contributed by atoms with Gasteiger partial charge in [0.25, 0.3) is 5.91 Å². The highest BCUT2D eigenvalue weighted by molar-refractivity contribution is 6.03. The van der Waals surface area contributed by atoms with E-state index in [4.69, 9.17) is 9.84 Å². The Hall–Kier alpha value is -3.48. The normalized spacial score (nSPS) is 18.8. The molecule has 1 atom stereocenters. The van der Waals surface area contributed by atoms with Crippen LogP contribution in [0.3, 0.4) is 0 Å². The lowest BCUT2D eigenvalue weighted by Crippen LogP contribution is -2.49. The van der Waals surface area contributed by atoms with Gasteiger partial charge in [0, 0.05) is 44.7 Å². The number of hydrogen-bond acceptors (Lipinski definition) is 5. The van der Waals surface area contributed by atoms with E-state index in [-0.39, 0.29) is 11.9 Å². The van der Waals surface area contributed by atoms with Gasteiger partial charge in [-0.2, -0.15) is 5.10 Å². The highest BCUT2D eigenvalue weighted by atomic mass is 16.5. The molecule has 5 rings (SSSR count). The molecule has 6 nitrogen and oxygen atoms in total. The Morgan fingerprint density at radius 3 is 2.39 bits per heavy atom. The second-order valence-electron chi connectivity index (χ2n) is 9.63. The van der Waals surface area contributed by atoms with Crippen LogP contribution in [-0.4, -0.2) is 66.3 Å². The molecule has 1 saturated heterocycles. The molecule has 6 heteroatoms. The molecule has 1 fully saturated rings. The minimum absolute atomic E-state index is 0.0534. The Morgan fingerprint density at radius 1 is 0.917 bits per heavy atom. The van der Waals surface area contributed by atoms with Crippen molar-refractivity contribution >= 4 is 11.6 Å². The zero-order chi connectivity index (χ0) is 24.9. The number of aryl methyl sites for hydroxylation is 1. The van der Waals surface area contributed by atoms with Crippen LogP contribution in [0.25, 0.3) is 0 Å². The molecule has 0 spiro atoms. The average molecular weight is 483 g/mol. The summed E-state index contributed by atoms with van der Waals surface area (Å²) in [4.78, 5) is 18.3. The van der Waals surface area contributed by atoms with Gasteiger partial charge in [-0.05, 0) is 35.7 Å². The van der Waals surface area contributed by atoms with Crippen LogP contribution < -0.4 is 4.74 Å². The summed E-state index contributed by atoms with van der Waals surface area (Å²) in [6.07, 6.45) is 0.689. The number of piperazine rings is 1. The molecule has 0 saturated carbocycles. The summed E-state index contributed by atoms with van der Waals surface area (Å²) < 4.78 is 5.42. The molecule has 1 amide bonds. The first-order valence-corrected chi connectivity index (χ1v) is 12.7. The lowest BCUT2D eigenvalue weighted by molar-refractivity contribution is -0.134. The molecule has 0 bridgehead atoms. The monoisotopic (exact) mass is 482 g/mol. The number of carbonyl (C=O) groups excluding carboxylic acids is 1. The summed E-state index contributed by atoms with van der Waals surface area (Å²) in [7, 11) is 1.67. The summed E-state index contributed by atoms with van der Waals surface area (Å²) in [5.41, 5.74) is 5.58. The molecule has 0 aromatic heterocycles. The van der Waals surface area contributed by atoms with Gasteiger partial charge < -0.3 is 4.74 Å². The quantitative estimate of drug-likeness (QED) is 0.498. The first-order valence-electron chi connectivity index (χ1n) is 12.7. The predicted molar refractivity (Wildman–Crippen MR) is 143 cm³/mol. The summed E-state index contributed by atoms with van der Waals surface area (Å²) >= 11 is 0. The van der Waals surface area contributed by atoms with E-state index in [1.807, 2.05) is 36.4 Å². The third-order valence-electron chi connectivity index (χ3n) is 7.19. The summed E-state index contributed by atoms with van der Waals surface area (Å²) in [6.45, 7) is 7.13. The fraction of sp³-hybridized carbons (Fsp3) is 0.333. The highest BCUT2D eigenvalue weighted by Gasteiger charge is 2.35. The van der Waals surface area contributed by atoms with E-state index in [1.54, 1.807) is 12.1 Å². The summed E-state index contributed by atoms with van der Waals surface area (Å²) in [5, 5.41) is 6.61. The number of rotatable bonds is 7. The van der Waals surface area contributed by atoms with Crippen molar-refractivity contribution in [3.8, 4) is 5.75 Å². The van der Waals surface area contributed by atoms with Crippen LogP contribution in [0.1, 0.15) is 34.7 Å². The smallest absolute Gasteiger partial charge is 0.257 e. The van der Waals surface area contributed by atoms with Gasteiger partial charge in [-0.25, -0.2) is 5.01 Å². The second kappa shape index (κ2) is 11.1. The number of hydrogen-bond donors (Lipinski definition) is 0. The van der Waals surface area contributed by atoms with Gasteiger partial charge in [0.2, 0.25) is 0 Å². The maximum absolute atomic E-state index is 13.6. The van der Waals surface area contributed by atoms with E-state index in [0.29, 0.717) is 13.0 Å². The maximum Gasteiger partial charge on any atom is 0.257 e. The molecule has 2 aliphatic rings. The molecular weight excluding hydrogens is 448 g/mol. The van der Waals surface area contributed by atoms with Gasteiger partial charge in [-0.1, -0.05) is 66.7 Å². The molecule has 0 unspecified atom stereocenters. The number of carbonyl (C=O) groups is 1. The van der Waals surface area contributed by atoms with Crippen molar-refractivity contribution in [3.05, 3.63) is 101 Å². The van der Waals surface area contributed by atoms with Gasteiger partial charge in [0.05, 0.1) is 25.4 Å². The topological polar surface area (TPSA) is 48.4 Å². The Labute approximate surface area is 213 Å². The van der Waals surface area contributed by atoms with Gasteiger partial charge in [-0.3, -0.25) is 14.6 Å². The summed E-state index contributed by atoms with van der Waals surface area (Å²) in [6, 6.07) is 26.7. The van der Waals surface area contributed by atoms with Crippen LogP contribution >= 0.6 is 0 Å². The van der Waals surface area contributed by atoms with Crippen molar-refractivity contribution in [2.24, 2.45) is 5.10 Å². The molecule has 36 heavy (non-hydrogen) atoms. The lowest BCUT2D eigenvalue weighted by Gasteiger charge is -2.35. The first-order chi connectivity index (χ1) is 17.6. The summed E-state index contributed by atoms with van der Waals surface area (Å²) in [5.74, 6) is 0.846. The molecule has 186 valence electrons. The van der Waals surface area contributed by atoms with E-state index in [2.05, 4.69) is 59.2 Å². The van der Waals surface area contributed by atoms with Crippen molar-refractivity contribution < 1.29 is 9.53 Å². The molecule has 0 aliphatic carbocycles. The number of methoxy groups -OCH3 is 1. The van der Waals surface area contributed by atoms with E-state index >= 15 is 0 Å². The molecule has 0 N–H and O–H groups in total. The van der Waals surface area contributed by atoms with Crippen LogP contribution in [0, 0.1) is 6.92 Å². The van der Waals surface area contributed by atoms with E-state index in [1.165, 1.54) is 11.1 Å². The number of benzene rings is 3. The molecule has 0 radical (unpaired) electrons. The zero-order valence-corrected chi connectivity index (χ0v) is 21.1. The lowest BCUT2D eigenvalue weighted by atomic mass is 9.95. The van der Waals surface area contributed by atoms with Crippen molar-refractivity contribution in [3.63, 3.8) is 0 Å². The minimum atomic E-state index is -0.0979. The number of nitrogens with zero attached hydrogens (tertiary/aromatic N) is 4. The van der Waals surface area contributed by atoms with Crippen LogP contribution in [0.15, 0.2) is 84.0 Å². The molecule has 3 aromatic rings. The highest BCUT2D eigenvalue weighted by Crippen LogP contribution is 2.35. The van der Waals surface area contributed by atoms with Crippen molar-refractivity contribution in [1.29, 1.82) is 0 Å². The first kappa shape index (κ1) is 24.2. The molecule has 2 aliphatic heterocycles. The fourth-order valence-electron chi connectivity index (χ4n) is 5.13. The maximum atomic E-state index is 13.6. The van der Waals surface area contributed by atoms with Crippen LogP contribution in [-0.2, 0) is 11.3 Å². The van der Waals surface area contributed by atoms with Crippen LogP contribution in [0.5, 0.6) is 5.75 Å². The van der Waals surface area contributed by atoms with Gasteiger partial charge >= 0.3 is 0 Å². The molecule has 3 aromatic carbocycles. The van der Waals surface area contributed by atoms with Crippen molar-refractivity contribution in [2.45, 2.75) is 25.9 Å². The predicted octanol–water partition coefficient (Wildman–Crippen LogP) is 4.50. The van der Waals surface area contributed by atoms with E-state index in [9.17, 15) is 4.79 Å². The van der Waals surface area contributed by atoms with Crippen molar-refractivity contribution in [2.75, 3.05) is 39.8 Å². The zero-order valence-electron chi connectivity index (χ0n) is 21.1. The minimum Gasteiger partial charge on any atom is -0.497 e. The Morgan fingerprint density at radius 2 is 1.64 bits per heavy atom. The van der Waals surface area contributed by atoms with Crippen molar-refractivity contribution in [1.82, 2.24) is 14.8 Å². The van der Waals surface area contributed by atoms with Crippen LogP contribution in [0.2, 0.25) is 0 Å². The average Bonchev–Trinajstić information content (AvgIpc) is 3.36. The number of ether oxygens (including phenoxy) is 1. The van der Waals surface area contributed by atoms with E-state index < -0.39 is 0 Å².